The molecule has 4 atom stereocenters. The first-order valence-corrected chi connectivity index (χ1v) is 12.1. The molecule has 2 heteroatoms. The molecule has 0 aromatic heterocycles. The van der Waals surface area contributed by atoms with Gasteiger partial charge in [0.1, 0.15) is 0 Å². The lowest BCUT2D eigenvalue weighted by atomic mass is 9.60. The zero-order valence-electron chi connectivity index (χ0n) is 18.8. The van der Waals surface area contributed by atoms with Crippen LogP contribution in [0, 0.1) is 17.3 Å². The van der Waals surface area contributed by atoms with Crippen molar-refractivity contribution in [3.8, 4) is 0 Å². The molecule has 0 unspecified atom stereocenters. The van der Waals surface area contributed by atoms with Crippen molar-refractivity contribution in [2.75, 3.05) is 13.2 Å². The van der Waals surface area contributed by atoms with Gasteiger partial charge in [0.2, 0.25) is 0 Å². The lowest BCUT2D eigenvalue weighted by Crippen LogP contribution is -2.36. The first-order chi connectivity index (χ1) is 14.1. The van der Waals surface area contributed by atoms with Gasteiger partial charge in [-0.1, -0.05) is 50.3 Å². The van der Waals surface area contributed by atoms with Gasteiger partial charge in [-0.25, -0.2) is 0 Å². The summed E-state index contributed by atoms with van der Waals surface area (Å²) in [6, 6.07) is 0. The highest BCUT2D eigenvalue weighted by molar-refractivity contribution is 5.37. The molecule has 0 aliphatic heterocycles. The van der Waals surface area contributed by atoms with Crippen LogP contribution in [-0.4, -0.2) is 24.4 Å². The second kappa shape index (κ2) is 10.8. The van der Waals surface area contributed by atoms with Crippen molar-refractivity contribution >= 4 is 0 Å². The summed E-state index contributed by atoms with van der Waals surface area (Å²) < 4.78 is 5.90. The van der Waals surface area contributed by atoms with E-state index >= 15 is 0 Å². The highest BCUT2D eigenvalue weighted by Gasteiger charge is 2.50. The lowest BCUT2D eigenvalue weighted by Gasteiger charge is -2.45. The number of fused-ring (bicyclic) bond motifs is 1. The fourth-order valence-electron chi connectivity index (χ4n) is 6.34. The normalized spacial score (nSPS) is 35.7. The van der Waals surface area contributed by atoms with Crippen LogP contribution in [0.5, 0.6) is 0 Å². The van der Waals surface area contributed by atoms with Gasteiger partial charge in [-0.15, -0.1) is 0 Å². The van der Waals surface area contributed by atoms with Crippen LogP contribution in [-0.2, 0) is 4.74 Å². The van der Waals surface area contributed by atoms with E-state index in [1.807, 2.05) is 0 Å². The molecule has 0 radical (unpaired) electrons. The molecule has 3 aliphatic carbocycles. The number of rotatable bonds is 8. The summed E-state index contributed by atoms with van der Waals surface area (Å²) in [5.41, 5.74) is 4.36. The minimum Gasteiger partial charge on any atom is -0.388 e. The third kappa shape index (κ3) is 5.14. The molecule has 162 valence electrons. The molecule has 3 fully saturated rings. The van der Waals surface area contributed by atoms with Crippen LogP contribution in [0.1, 0.15) is 84.5 Å². The summed E-state index contributed by atoms with van der Waals surface area (Å²) in [5.74, 6) is 1.54. The third-order valence-corrected chi connectivity index (χ3v) is 7.99. The molecule has 0 amide bonds. The summed E-state index contributed by atoms with van der Waals surface area (Å²) in [6.07, 6.45) is 22.0. The predicted molar refractivity (Wildman–Crippen MR) is 123 cm³/mol. The quantitative estimate of drug-likeness (QED) is 0.355. The van der Waals surface area contributed by atoms with Gasteiger partial charge in [0, 0.05) is 6.61 Å². The Balaban J connectivity index is 1.66. The van der Waals surface area contributed by atoms with Gasteiger partial charge >= 0.3 is 0 Å². The fourth-order valence-corrected chi connectivity index (χ4v) is 6.34. The van der Waals surface area contributed by atoms with Crippen LogP contribution in [0.25, 0.3) is 0 Å². The zero-order chi connectivity index (χ0) is 20.7. The van der Waals surface area contributed by atoms with Crippen molar-refractivity contribution in [2.45, 2.75) is 90.6 Å². The smallest absolute Gasteiger partial charge is 0.0787 e. The Morgan fingerprint density at radius 1 is 1.10 bits per heavy atom. The Morgan fingerprint density at radius 3 is 2.76 bits per heavy atom. The third-order valence-electron chi connectivity index (χ3n) is 7.99. The average Bonchev–Trinajstić information content (AvgIpc) is 3.11. The Bertz CT molecular complexity index is 641. The van der Waals surface area contributed by atoms with E-state index in [9.17, 15) is 5.11 Å². The number of hydrogen-bond donors (Lipinski definition) is 1. The van der Waals surface area contributed by atoms with Crippen LogP contribution in [0.2, 0.25) is 0 Å². The van der Waals surface area contributed by atoms with Gasteiger partial charge in [-0.3, -0.25) is 0 Å². The minimum atomic E-state index is -0.336. The van der Waals surface area contributed by atoms with Gasteiger partial charge in [-0.05, 0) is 99.0 Å². The van der Waals surface area contributed by atoms with E-state index in [0.717, 1.165) is 56.3 Å². The first kappa shape index (κ1) is 22.6. The standard InChI is InChI=1S/C27H42O2/c1-4-6-7-19-29-20-17-24-15-16-25-23(11-9-18-27(24,25)5-2)14-13-22-10-8-12-26(28)21(22)3/h6-7,13-14,24-26,28H,3-5,8-12,15-20H2,1-2H3/b7-6+,22-13-,23-14+/t24-,25+,26+,27-/m1/s1. The molecule has 0 heterocycles. The van der Waals surface area contributed by atoms with E-state index in [1.165, 1.54) is 50.5 Å². The molecule has 29 heavy (non-hydrogen) atoms. The Hall–Kier alpha value is -1.12. The van der Waals surface area contributed by atoms with E-state index < -0.39 is 0 Å². The van der Waals surface area contributed by atoms with E-state index in [2.05, 4.69) is 44.7 Å². The summed E-state index contributed by atoms with van der Waals surface area (Å²) in [7, 11) is 0. The molecular formula is C27H42O2. The van der Waals surface area contributed by atoms with Gasteiger partial charge in [0.15, 0.2) is 0 Å². The number of aliphatic hydroxyl groups is 1. The zero-order valence-corrected chi connectivity index (χ0v) is 18.8. The molecule has 0 bridgehead atoms. The van der Waals surface area contributed by atoms with E-state index in [0.29, 0.717) is 5.41 Å². The molecule has 0 aromatic carbocycles. The summed E-state index contributed by atoms with van der Waals surface area (Å²) >= 11 is 0. The van der Waals surface area contributed by atoms with Crippen LogP contribution in [0.3, 0.4) is 0 Å². The van der Waals surface area contributed by atoms with Crippen molar-refractivity contribution in [1.29, 1.82) is 0 Å². The largest absolute Gasteiger partial charge is 0.388 e. The first-order valence-electron chi connectivity index (χ1n) is 12.1. The van der Waals surface area contributed by atoms with Crippen molar-refractivity contribution in [3.05, 3.63) is 47.6 Å². The fraction of sp³-hybridized carbons (Fsp3) is 0.704. The highest BCUT2D eigenvalue weighted by atomic mass is 16.5. The molecule has 0 aromatic rings. The molecular weight excluding hydrogens is 356 g/mol. The van der Waals surface area contributed by atoms with Crippen LogP contribution in [0.15, 0.2) is 47.6 Å². The van der Waals surface area contributed by atoms with Crippen LogP contribution in [0.4, 0.5) is 0 Å². The van der Waals surface area contributed by atoms with Gasteiger partial charge in [0.25, 0.3) is 0 Å². The molecule has 2 nitrogen and oxygen atoms in total. The van der Waals surface area contributed by atoms with Crippen molar-refractivity contribution < 1.29 is 9.84 Å². The molecule has 3 aliphatic rings. The Labute approximate surface area is 178 Å². The van der Waals surface area contributed by atoms with Gasteiger partial charge < -0.3 is 9.84 Å². The molecule has 0 saturated heterocycles. The Morgan fingerprint density at radius 2 is 1.97 bits per heavy atom. The maximum Gasteiger partial charge on any atom is 0.0787 e. The van der Waals surface area contributed by atoms with Crippen molar-refractivity contribution in [1.82, 2.24) is 0 Å². The minimum absolute atomic E-state index is 0.336. The van der Waals surface area contributed by atoms with Gasteiger partial charge in [0.05, 0.1) is 12.7 Å². The highest BCUT2D eigenvalue weighted by Crippen LogP contribution is 2.60. The maximum absolute atomic E-state index is 10.1. The lowest BCUT2D eigenvalue weighted by molar-refractivity contribution is 0.0681. The van der Waals surface area contributed by atoms with Crippen molar-refractivity contribution in [3.63, 3.8) is 0 Å². The number of aliphatic hydroxyl groups excluding tert-OH is 1. The topological polar surface area (TPSA) is 29.5 Å². The summed E-state index contributed by atoms with van der Waals surface area (Å²) in [5, 5.41) is 10.1. The number of hydrogen-bond acceptors (Lipinski definition) is 2. The maximum atomic E-state index is 10.1. The van der Waals surface area contributed by atoms with Crippen molar-refractivity contribution in [2.24, 2.45) is 17.3 Å². The number of allylic oxidation sites excluding steroid dienone is 4. The van der Waals surface area contributed by atoms with E-state index in [1.54, 1.807) is 5.57 Å². The molecule has 3 saturated carbocycles. The predicted octanol–water partition coefficient (Wildman–Crippen LogP) is 6.92. The SMILES string of the molecule is C=C1/C(=C\C=C2/CCC[C@]3(CC)[C@@H](CCOC/C=C/CC)CC[C@@H]23)CCC[C@@H]1O. The average molecular weight is 399 g/mol. The second-order valence-electron chi connectivity index (χ2n) is 9.38. The second-order valence-corrected chi connectivity index (χ2v) is 9.38. The summed E-state index contributed by atoms with van der Waals surface area (Å²) in [6.45, 7) is 10.4. The number of ether oxygens (including phenoxy) is 1. The Kier molecular flexibility index (Phi) is 8.38. The molecule has 1 N–H and O–H groups in total. The van der Waals surface area contributed by atoms with E-state index in [4.69, 9.17) is 4.74 Å². The monoisotopic (exact) mass is 398 g/mol. The van der Waals surface area contributed by atoms with Gasteiger partial charge in [-0.2, -0.15) is 0 Å². The van der Waals surface area contributed by atoms with Crippen LogP contribution >= 0.6 is 0 Å². The molecule has 3 rings (SSSR count). The van der Waals surface area contributed by atoms with Crippen LogP contribution < -0.4 is 0 Å². The molecule has 0 spiro atoms. The van der Waals surface area contributed by atoms with E-state index in [-0.39, 0.29) is 6.10 Å². The summed E-state index contributed by atoms with van der Waals surface area (Å²) in [4.78, 5) is 0.